The van der Waals surface area contributed by atoms with Gasteiger partial charge in [0.1, 0.15) is 5.67 Å². The average Bonchev–Trinajstić information content (AvgIpc) is 3.28. The number of rotatable bonds is 5. The van der Waals surface area contributed by atoms with E-state index in [0.29, 0.717) is 25.3 Å². The number of benzene rings is 1. The molecular formula is C27H33BrFN3O2. The lowest BCUT2D eigenvalue weighted by atomic mass is 9.34. The van der Waals surface area contributed by atoms with Crippen LogP contribution in [-0.2, 0) is 15.6 Å². The van der Waals surface area contributed by atoms with Gasteiger partial charge in [0.15, 0.2) is 0 Å². The van der Waals surface area contributed by atoms with Gasteiger partial charge in [-0.2, -0.15) is 0 Å². The third kappa shape index (κ3) is 3.17. The van der Waals surface area contributed by atoms with E-state index in [-0.39, 0.29) is 28.1 Å². The smallest absolute Gasteiger partial charge is 0.227 e. The molecule has 0 spiro atoms. The fourth-order valence-corrected chi connectivity index (χ4v) is 7.68. The molecule has 1 amide bonds. The zero-order valence-corrected chi connectivity index (χ0v) is 21.8. The van der Waals surface area contributed by atoms with Gasteiger partial charge in [0.2, 0.25) is 17.7 Å². The van der Waals surface area contributed by atoms with E-state index in [1.54, 1.807) is 0 Å². The van der Waals surface area contributed by atoms with Crippen molar-refractivity contribution >= 4 is 21.8 Å². The van der Waals surface area contributed by atoms with Crippen LogP contribution in [0.4, 0.5) is 4.39 Å². The molecule has 4 bridgehead atoms. The lowest BCUT2D eigenvalue weighted by Crippen LogP contribution is -2.76. The van der Waals surface area contributed by atoms with Gasteiger partial charge in [-0.05, 0) is 74.5 Å². The molecule has 1 aromatic heterocycles. The van der Waals surface area contributed by atoms with Gasteiger partial charge in [0, 0.05) is 27.8 Å². The first-order valence-corrected chi connectivity index (χ1v) is 13.4. The highest BCUT2D eigenvalue weighted by Crippen LogP contribution is 2.77. The molecule has 1 aromatic carbocycles. The van der Waals surface area contributed by atoms with E-state index in [1.165, 1.54) is 0 Å². The lowest BCUT2D eigenvalue weighted by Gasteiger charge is -2.70. The Bertz CT molecular complexity index is 1120. The van der Waals surface area contributed by atoms with Gasteiger partial charge in [-0.3, -0.25) is 4.79 Å². The van der Waals surface area contributed by atoms with E-state index in [9.17, 15) is 4.79 Å². The summed E-state index contributed by atoms with van der Waals surface area (Å²) < 4.78 is 22.2. The number of fused-ring (bicyclic) bond motifs is 3. The van der Waals surface area contributed by atoms with Crippen molar-refractivity contribution in [3.05, 3.63) is 46.1 Å². The first-order chi connectivity index (χ1) is 16.0. The summed E-state index contributed by atoms with van der Waals surface area (Å²) in [4.78, 5) is 13.4. The Morgan fingerprint density at radius 2 is 1.82 bits per heavy atom. The minimum Gasteiger partial charge on any atom is -0.424 e. The minimum atomic E-state index is -1.22. The first-order valence-electron chi connectivity index (χ1n) is 12.6. The van der Waals surface area contributed by atoms with Crippen molar-refractivity contribution in [3.63, 3.8) is 0 Å². The highest BCUT2D eigenvalue weighted by atomic mass is 79.9. The van der Waals surface area contributed by atoms with Gasteiger partial charge in [0.05, 0.1) is 5.41 Å². The number of nitrogens with one attached hydrogen (secondary N) is 1. The number of hydrogen-bond acceptors (Lipinski definition) is 4. The van der Waals surface area contributed by atoms with Crippen molar-refractivity contribution in [2.45, 2.75) is 94.6 Å². The summed E-state index contributed by atoms with van der Waals surface area (Å²) in [5.41, 5.74) is -0.896. The summed E-state index contributed by atoms with van der Waals surface area (Å²) in [6, 6.07) is 7.78. The Hall–Kier alpha value is -1.76. The van der Waals surface area contributed by atoms with Crippen LogP contribution >= 0.6 is 15.9 Å². The zero-order chi connectivity index (χ0) is 24.0. The molecule has 1 heterocycles. The zero-order valence-electron chi connectivity index (χ0n) is 20.2. The second-order valence-electron chi connectivity index (χ2n) is 12.7. The molecular weight excluding hydrogens is 497 g/mol. The van der Waals surface area contributed by atoms with Crippen LogP contribution in [0, 0.1) is 10.8 Å². The van der Waals surface area contributed by atoms with E-state index in [4.69, 9.17) is 4.42 Å². The van der Waals surface area contributed by atoms with E-state index in [0.717, 1.165) is 54.5 Å². The minimum absolute atomic E-state index is 0.0114. The topological polar surface area (TPSA) is 68.0 Å². The maximum atomic E-state index is 15.2. The number of carbonyl (C=O) groups is 1. The average molecular weight is 530 g/mol. The largest absolute Gasteiger partial charge is 0.424 e. The number of nitrogens with zero attached hydrogens (tertiary/aromatic N) is 2. The highest BCUT2D eigenvalue weighted by Gasteiger charge is 2.80. The molecule has 1 N–H and O–H groups in total. The summed E-state index contributed by atoms with van der Waals surface area (Å²) in [6.07, 6.45) is 6.93. The second kappa shape index (κ2) is 7.14. The molecule has 1 unspecified atom stereocenters. The predicted octanol–water partition coefficient (Wildman–Crippen LogP) is 6.12. The molecule has 7 heteroatoms. The Morgan fingerprint density at radius 1 is 1.15 bits per heavy atom. The molecule has 2 aromatic rings. The SMILES string of the molecule is CC(C)(C)c1nnc(C23CCC(CNC(=O)C45CC(F)(C4)C5c4cccc(Br)c4)(CC2)CC3)o1. The van der Waals surface area contributed by atoms with Crippen LogP contribution in [-0.4, -0.2) is 28.3 Å². The van der Waals surface area contributed by atoms with Crippen LogP contribution in [0.3, 0.4) is 0 Å². The molecule has 8 rings (SSSR count). The van der Waals surface area contributed by atoms with Crippen molar-refractivity contribution in [1.82, 2.24) is 15.5 Å². The van der Waals surface area contributed by atoms with E-state index in [1.807, 2.05) is 24.3 Å². The van der Waals surface area contributed by atoms with E-state index >= 15 is 4.39 Å². The van der Waals surface area contributed by atoms with Crippen LogP contribution in [0.1, 0.15) is 95.4 Å². The van der Waals surface area contributed by atoms with Crippen molar-refractivity contribution in [2.75, 3.05) is 6.54 Å². The third-order valence-corrected chi connectivity index (χ3v) is 9.96. The number of hydrogen-bond donors (Lipinski definition) is 1. The number of aromatic nitrogens is 2. The molecule has 1 atom stereocenters. The molecule has 0 saturated heterocycles. The Labute approximate surface area is 208 Å². The van der Waals surface area contributed by atoms with Crippen LogP contribution in [0.25, 0.3) is 0 Å². The van der Waals surface area contributed by atoms with Crippen LogP contribution in [0.15, 0.2) is 33.2 Å². The van der Waals surface area contributed by atoms with Crippen LogP contribution < -0.4 is 5.32 Å². The molecule has 182 valence electrons. The standard InChI is InChI=1S/C27H33BrFN3O2/c1-23(2,3)21-31-32-22(34-21)25-10-7-24(8-11-25,9-12-25)16-30-20(33)26-14-27(29,15-26)19(26)17-5-4-6-18(28)13-17/h4-6,13,19H,7-12,14-16H2,1-3H3,(H,30,33). The number of alkyl halides is 1. The Balaban J connectivity index is 1.11. The molecule has 6 saturated carbocycles. The van der Waals surface area contributed by atoms with Gasteiger partial charge >= 0.3 is 0 Å². The highest BCUT2D eigenvalue weighted by molar-refractivity contribution is 9.10. The molecule has 5 nitrogen and oxygen atoms in total. The molecule has 0 radical (unpaired) electrons. The second-order valence-corrected chi connectivity index (χ2v) is 13.6. The number of carbonyl (C=O) groups excluding carboxylic acids is 1. The van der Waals surface area contributed by atoms with Crippen LogP contribution in [0.2, 0.25) is 0 Å². The lowest BCUT2D eigenvalue weighted by molar-refractivity contribution is -0.235. The summed E-state index contributed by atoms with van der Waals surface area (Å²) in [7, 11) is 0. The number of halogens is 2. The van der Waals surface area contributed by atoms with Crippen LogP contribution in [0.5, 0.6) is 0 Å². The Kier molecular flexibility index (Phi) is 4.77. The van der Waals surface area contributed by atoms with Gasteiger partial charge < -0.3 is 9.73 Å². The van der Waals surface area contributed by atoms with Gasteiger partial charge in [-0.1, -0.05) is 48.8 Å². The monoisotopic (exact) mass is 529 g/mol. The fourth-order valence-electron chi connectivity index (χ4n) is 7.27. The van der Waals surface area contributed by atoms with Crippen molar-refractivity contribution in [2.24, 2.45) is 10.8 Å². The molecule has 6 fully saturated rings. The molecule has 0 aliphatic heterocycles. The maximum absolute atomic E-state index is 15.2. The van der Waals surface area contributed by atoms with Crippen molar-refractivity contribution < 1.29 is 13.6 Å². The fraction of sp³-hybridized carbons (Fsp3) is 0.667. The van der Waals surface area contributed by atoms with Gasteiger partial charge in [0.25, 0.3) is 0 Å². The quantitative estimate of drug-likeness (QED) is 0.506. The molecule has 6 aliphatic rings. The third-order valence-electron chi connectivity index (χ3n) is 9.47. The number of amides is 1. The summed E-state index contributed by atoms with van der Waals surface area (Å²) in [5, 5.41) is 12.1. The maximum Gasteiger partial charge on any atom is 0.227 e. The Morgan fingerprint density at radius 3 is 2.38 bits per heavy atom. The normalized spacial score (nSPS) is 38.2. The van der Waals surface area contributed by atoms with Crippen molar-refractivity contribution in [3.8, 4) is 0 Å². The van der Waals surface area contributed by atoms with Gasteiger partial charge in [-0.25, -0.2) is 4.39 Å². The summed E-state index contributed by atoms with van der Waals surface area (Å²) in [5.74, 6) is 1.22. The van der Waals surface area contributed by atoms with Crippen molar-refractivity contribution in [1.29, 1.82) is 0 Å². The van der Waals surface area contributed by atoms with E-state index in [2.05, 4.69) is 52.2 Å². The molecule has 34 heavy (non-hydrogen) atoms. The summed E-state index contributed by atoms with van der Waals surface area (Å²) >= 11 is 3.49. The first kappa shape index (κ1) is 22.7. The molecule has 6 aliphatic carbocycles. The van der Waals surface area contributed by atoms with E-state index < -0.39 is 11.1 Å². The van der Waals surface area contributed by atoms with Gasteiger partial charge in [-0.15, -0.1) is 10.2 Å². The predicted molar refractivity (Wildman–Crippen MR) is 130 cm³/mol. The summed E-state index contributed by atoms with van der Waals surface area (Å²) in [6.45, 7) is 6.96.